The van der Waals surface area contributed by atoms with Gasteiger partial charge in [0.2, 0.25) is 10.0 Å². The molecule has 0 aromatic carbocycles. The maximum Gasteiger partial charge on any atom is 0.246 e. The first-order valence-corrected chi connectivity index (χ1v) is 7.77. The van der Waals surface area contributed by atoms with Gasteiger partial charge in [0.25, 0.3) is 0 Å². The highest BCUT2D eigenvalue weighted by molar-refractivity contribution is 7.89. The molecule has 7 heteroatoms. The second-order valence-corrected chi connectivity index (χ2v) is 6.29. The molecular weight excluding hydrogens is 266 g/mol. The fraction of sp³-hybridized carbons (Fsp3) is 0.583. The predicted octanol–water partition coefficient (Wildman–Crippen LogP) is 0.923. The summed E-state index contributed by atoms with van der Waals surface area (Å²) in [4.78, 5) is 4.13. The van der Waals surface area contributed by atoms with Crippen molar-refractivity contribution >= 4 is 15.7 Å². The van der Waals surface area contributed by atoms with E-state index >= 15 is 0 Å². The molecule has 1 aromatic heterocycles. The third kappa shape index (κ3) is 2.88. The molecule has 106 valence electrons. The summed E-state index contributed by atoms with van der Waals surface area (Å²) >= 11 is 0. The van der Waals surface area contributed by atoms with Crippen LogP contribution in [0.2, 0.25) is 0 Å². The standard InChI is InChI=1S/C12H19N3O3S/c1-3-10-9-15(6-7-18-10)19(16,17)12-8-14-5-4-11(12)13-2/h4-5,8,10H,3,6-7,9H2,1-2H3,(H,13,14). The molecule has 19 heavy (non-hydrogen) atoms. The van der Waals surface area contributed by atoms with Crippen molar-refractivity contribution in [3.05, 3.63) is 18.5 Å². The van der Waals surface area contributed by atoms with Crippen LogP contribution in [0.4, 0.5) is 5.69 Å². The number of nitrogens with one attached hydrogen (secondary N) is 1. The summed E-state index contributed by atoms with van der Waals surface area (Å²) in [6, 6.07) is 1.66. The quantitative estimate of drug-likeness (QED) is 0.891. The zero-order chi connectivity index (χ0) is 13.9. The van der Waals surface area contributed by atoms with Crippen molar-refractivity contribution in [1.82, 2.24) is 9.29 Å². The summed E-state index contributed by atoms with van der Waals surface area (Å²) in [5, 5.41) is 2.89. The Morgan fingerprint density at radius 2 is 2.37 bits per heavy atom. The van der Waals surface area contributed by atoms with Crippen LogP contribution in [0, 0.1) is 0 Å². The lowest BCUT2D eigenvalue weighted by molar-refractivity contribution is -0.00277. The molecule has 0 spiro atoms. The zero-order valence-electron chi connectivity index (χ0n) is 11.2. The number of nitrogens with zero attached hydrogens (tertiary/aromatic N) is 2. The smallest absolute Gasteiger partial charge is 0.246 e. The SMILES string of the molecule is CCC1CN(S(=O)(=O)c2cnccc2NC)CCO1. The van der Waals surface area contributed by atoms with E-state index in [2.05, 4.69) is 10.3 Å². The van der Waals surface area contributed by atoms with Gasteiger partial charge in [-0.15, -0.1) is 0 Å². The van der Waals surface area contributed by atoms with Gasteiger partial charge in [0.1, 0.15) is 4.90 Å². The van der Waals surface area contributed by atoms with Gasteiger partial charge < -0.3 is 10.1 Å². The summed E-state index contributed by atoms with van der Waals surface area (Å²) in [6.07, 6.45) is 3.73. The van der Waals surface area contributed by atoms with Crippen molar-refractivity contribution in [2.24, 2.45) is 0 Å². The molecule has 0 amide bonds. The maximum atomic E-state index is 12.6. The maximum absolute atomic E-state index is 12.6. The monoisotopic (exact) mass is 285 g/mol. The zero-order valence-corrected chi connectivity index (χ0v) is 12.0. The van der Waals surface area contributed by atoms with Crippen LogP contribution in [-0.2, 0) is 14.8 Å². The van der Waals surface area contributed by atoms with Crippen LogP contribution in [0.25, 0.3) is 0 Å². The largest absolute Gasteiger partial charge is 0.387 e. The Morgan fingerprint density at radius 1 is 1.58 bits per heavy atom. The summed E-state index contributed by atoms with van der Waals surface area (Å²) in [7, 11) is -1.82. The van der Waals surface area contributed by atoms with Crippen LogP contribution < -0.4 is 5.32 Å². The second-order valence-electron chi connectivity index (χ2n) is 4.39. The number of rotatable bonds is 4. The van der Waals surface area contributed by atoms with Crippen LogP contribution in [-0.4, -0.2) is 50.6 Å². The highest BCUT2D eigenvalue weighted by Crippen LogP contribution is 2.25. The minimum Gasteiger partial charge on any atom is -0.387 e. The highest BCUT2D eigenvalue weighted by Gasteiger charge is 2.31. The third-order valence-electron chi connectivity index (χ3n) is 3.23. The first kappa shape index (κ1) is 14.2. The van der Waals surface area contributed by atoms with Gasteiger partial charge in [-0.05, 0) is 12.5 Å². The van der Waals surface area contributed by atoms with Crippen molar-refractivity contribution in [3.8, 4) is 0 Å². The molecular formula is C12H19N3O3S. The summed E-state index contributed by atoms with van der Waals surface area (Å²) in [5.41, 5.74) is 0.564. The van der Waals surface area contributed by atoms with Crippen molar-refractivity contribution in [2.75, 3.05) is 32.1 Å². The van der Waals surface area contributed by atoms with Gasteiger partial charge >= 0.3 is 0 Å². The Hall–Kier alpha value is -1.18. The van der Waals surface area contributed by atoms with Gasteiger partial charge in [0, 0.05) is 32.5 Å². The summed E-state index contributed by atoms with van der Waals surface area (Å²) in [5.74, 6) is 0. The molecule has 1 N–H and O–H groups in total. The number of ether oxygens (including phenoxy) is 1. The molecule has 1 aromatic rings. The Kier molecular flexibility index (Phi) is 4.38. The Balaban J connectivity index is 2.31. The summed E-state index contributed by atoms with van der Waals surface area (Å²) in [6.45, 7) is 3.21. The van der Waals surface area contributed by atoms with E-state index in [-0.39, 0.29) is 11.0 Å². The molecule has 1 atom stereocenters. The molecule has 1 aliphatic rings. The van der Waals surface area contributed by atoms with E-state index < -0.39 is 10.0 Å². The highest BCUT2D eigenvalue weighted by atomic mass is 32.2. The van der Waals surface area contributed by atoms with Crippen LogP contribution >= 0.6 is 0 Å². The lowest BCUT2D eigenvalue weighted by atomic mass is 10.2. The van der Waals surface area contributed by atoms with E-state index in [9.17, 15) is 8.42 Å². The van der Waals surface area contributed by atoms with Gasteiger partial charge in [-0.3, -0.25) is 4.98 Å². The van der Waals surface area contributed by atoms with Crippen molar-refractivity contribution in [2.45, 2.75) is 24.3 Å². The fourth-order valence-electron chi connectivity index (χ4n) is 2.09. The molecule has 1 saturated heterocycles. The molecule has 6 nitrogen and oxygen atoms in total. The minimum absolute atomic E-state index is 0.0294. The molecule has 1 aliphatic heterocycles. The second kappa shape index (κ2) is 5.85. The van der Waals surface area contributed by atoms with Crippen molar-refractivity contribution < 1.29 is 13.2 Å². The Morgan fingerprint density at radius 3 is 3.05 bits per heavy atom. The molecule has 1 fully saturated rings. The molecule has 2 heterocycles. The number of aromatic nitrogens is 1. The van der Waals surface area contributed by atoms with Crippen LogP contribution in [0.3, 0.4) is 0 Å². The minimum atomic E-state index is -3.52. The van der Waals surface area contributed by atoms with Crippen molar-refractivity contribution in [1.29, 1.82) is 0 Å². The first-order valence-electron chi connectivity index (χ1n) is 6.33. The number of sulfonamides is 1. The Bertz CT molecular complexity index is 533. The van der Waals surface area contributed by atoms with Gasteiger partial charge in [0.05, 0.1) is 18.4 Å². The number of morpholine rings is 1. The van der Waals surface area contributed by atoms with E-state index in [4.69, 9.17) is 4.74 Å². The molecule has 1 unspecified atom stereocenters. The number of hydrogen-bond donors (Lipinski definition) is 1. The van der Waals surface area contributed by atoms with Crippen molar-refractivity contribution in [3.63, 3.8) is 0 Å². The predicted molar refractivity (Wildman–Crippen MR) is 72.6 cm³/mol. The summed E-state index contributed by atoms with van der Waals surface area (Å²) < 4.78 is 32.2. The Labute approximate surface area is 113 Å². The topological polar surface area (TPSA) is 71.5 Å². The van der Waals surface area contributed by atoms with Gasteiger partial charge in [0.15, 0.2) is 0 Å². The molecule has 0 aliphatic carbocycles. The number of anilines is 1. The van der Waals surface area contributed by atoms with E-state index in [1.54, 1.807) is 19.3 Å². The van der Waals surface area contributed by atoms with Crippen LogP contribution in [0.15, 0.2) is 23.4 Å². The van der Waals surface area contributed by atoms with Crippen LogP contribution in [0.1, 0.15) is 13.3 Å². The fourth-order valence-corrected chi connectivity index (χ4v) is 3.69. The molecule has 0 radical (unpaired) electrons. The van der Waals surface area contributed by atoms with E-state index in [1.807, 2.05) is 6.92 Å². The van der Waals surface area contributed by atoms with E-state index in [0.29, 0.717) is 25.4 Å². The normalized spacial score (nSPS) is 21.3. The lowest BCUT2D eigenvalue weighted by Crippen LogP contribution is -2.45. The molecule has 0 saturated carbocycles. The van der Waals surface area contributed by atoms with Crippen LogP contribution in [0.5, 0.6) is 0 Å². The first-order chi connectivity index (χ1) is 9.09. The average molecular weight is 285 g/mol. The van der Waals surface area contributed by atoms with Gasteiger partial charge in [-0.1, -0.05) is 6.92 Å². The molecule has 0 bridgehead atoms. The van der Waals surface area contributed by atoms with Gasteiger partial charge in [-0.25, -0.2) is 8.42 Å². The molecule has 2 rings (SSSR count). The number of pyridine rings is 1. The lowest BCUT2D eigenvalue weighted by Gasteiger charge is -2.31. The number of hydrogen-bond acceptors (Lipinski definition) is 5. The third-order valence-corrected chi connectivity index (χ3v) is 5.12. The van der Waals surface area contributed by atoms with E-state index in [0.717, 1.165) is 6.42 Å². The van der Waals surface area contributed by atoms with E-state index in [1.165, 1.54) is 10.5 Å². The average Bonchev–Trinajstić information content (AvgIpc) is 2.47. The van der Waals surface area contributed by atoms with Gasteiger partial charge in [-0.2, -0.15) is 4.31 Å².